The number of benzene rings is 1. The van der Waals surface area contributed by atoms with E-state index in [2.05, 4.69) is 35.4 Å². The molecule has 4 rings (SSSR count). The highest BCUT2D eigenvalue weighted by atomic mass is 16.5. The molecule has 1 unspecified atom stereocenters. The molecule has 0 bridgehead atoms. The van der Waals surface area contributed by atoms with Gasteiger partial charge in [0.2, 0.25) is 0 Å². The minimum atomic E-state index is 0.586. The van der Waals surface area contributed by atoms with E-state index in [1.807, 2.05) is 6.21 Å². The van der Waals surface area contributed by atoms with Crippen molar-refractivity contribution < 1.29 is 4.74 Å². The Labute approximate surface area is 94.0 Å². The summed E-state index contributed by atoms with van der Waals surface area (Å²) in [4.78, 5) is 4.48. The smallest absolute Gasteiger partial charge is 0.146 e. The summed E-state index contributed by atoms with van der Waals surface area (Å²) in [5.41, 5.74) is 5.18. The van der Waals surface area contributed by atoms with Crippen molar-refractivity contribution in [1.29, 1.82) is 0 Å². The summed E-state index contributed by atoms with van der Waals surface area (Å²) in [7, 11) is 0. The Balaban J connectivity index is 2.00. The van der Waals surface area contributed by atoms with Crippen molar-refractivity contribution >= 4 is 18.0 Å². The van der Waals surface area contributed by atoms with E-state index in [9.17, 15) is 0 Å². The number of rotatable bonds is 0. The standard InChI is InChI=1S/C14H11NO/c1-2-9-8-12(9)10-4-5-13-14(11(10)3-1)15-6-7-16-13/h1-6,12H,7-8H2. The van der Waals surface area contributed by atoms with E-state index < -0.39 is 0 Å². The van der Waals surface area contributed by atoms with Gasteiger partial charge in [-0.3, -0.25) is 4.99 Å². The molecule has 0 spiro atoms. The lowest BCUT2D eigenvalue weighted by molar-refractivity contribution is 0.376. The van der Waals surface area contributed by atoms with Crippen LogP contribution < -0.4 is 4.74 Å². The minimum Gasteiger partial charge on any atom is -0.486 e. The highest BCUT2D eigenvalue weighted by molar-refractivity contribution is 5.81. The van der Waals surface area contributed by atoms with Gasteiger partial charge >= 0.3 is 0 Å². The number of hydrogen-bond acceptors (Lipinski definition) is 2. The van der Waals surface area contributed by atoms with Crippen LogP contribution in [0.3, 0.4) is 0 Å². The lowest BCUT2D eigenvalue weighted by Crippen LogP contribution is -2.04. The molecule has 1 aliphatic heterocycles. The van der Waals surface area contributed by atoms with Crippen molar-refractivity contribution in [3.05, 3.63) is 41.0 Å². The van der Waals surface area contributed by atoms with Gasteiger partial charge in [-0.15, -0.1) is 0 Å². The van der Waals surface area contributed by atoms with E-state index in [1.54, 1.807) is 0 Å². The summed E-state index contributed by atoms with van der Waals surface area (Å²) >= 11 is 0. The Kier molecular flexibility index (Phi) is 1.48. The average molecular weight is 209 g/mol. The van der Waals surface area contributed by atoms with Gasteiger partial charge in [-0.1, -0.05) is 29.9 Å². The van der Waals surface area contributed by atoms with Crippen LogP contribution in [0.1, 0.15) is 23.5 Å². The zero-order chi connectivity index (χ0) is 10.5. The van der Waals surface area contributed by atoms with Crippen LogP contribution in [0.2, 0.25) is 0 Å². The topological polar surface area (TPSA) is 21.6 Å². The molecule has 1 saturated carbocycles. The van der Waals surface area contributed by atoms with Crippen LogP contribution in [0.4, 0.5) is 5.69 Å². The monoisotopic (exact) mass is 209 g/mol. The van der Waals surface area contributed by atoms with E-state index in [0.717, 1.165) is 11.4 Å². The fourth-order valence-corrected chi connectivity index (χ4v) is 2.53. The number of fused-ring (bicyclic) bond motifs is 5. The van der Waals surface area contributed by atoms with Crippen LogP contribution in [0, 0.1) is 0 Å². The summed E-state index contributed by atoms with van der Waals surface area (Å²) in [5.74, 6) is 1.54. The maximum Gasteiger partial charge on any atom is 0.146 e. The van der Waals surface area contributed by atoms with Crippen LogP contribution in [0.15, 0.2) is 34.9 Å². The normalized spacial score (nSPS) is 23.5. The van der Waals surface area contributed by atoms with Crippen LogP contribution in [-0.4, -0.2) is 12.8 Å². The second-order valence-corrected chi connectivity index (χ2v) is 4.40. The molecule has 2 nitrogen and oxygen atoms in total. The van der Waals surface area contributed by atoms with Gasteiger partial charge in [0.05, 0.1) is 0 Å². The highest BCUT2D eigenvalue weighted by Gasteiger charge is 2.34. The molecule has 1 atom stereocenters. The third kappa shape index (κ3) is 1.04. The van der Waals surface area contributed by atoms with Crippen molar-refractivity contribution in [2.75, 3.05) is 6.61 Å². The number of ether oxygens (including phenoxy) is 1. The van der Waals surface area contributed by atoms with Gasteiger partial charge in [0, 0.05) is 17.7 Å². The predicted molar refractivity (Wildman–Crippen MR) is 64.6 cm³/mol. The van der Waals surface area contributed by atoms with Crippen molar-refractivity contribution in [2.45, 2.75) is 12.3 Å². The van der Waals surface area contributed by atoms with Crippen molar-refractivity contribution in [1.82, 2.24) is 0 Å². The Morgan fingerprint density at radius 2 is 2.31 bits per heavy atom. The molecular weight excluding hydrogens is 198 g/mol. The fourth-order valence-electron chi connectivity index (χ4n) is 2.53. The largest absolute Gasteiger partial charge is 0.486 e. The molecule has 1 aromatic carbocycles. The summed E-state index contributed by atoms with van der Waals surface area (Å²) < 4.78 is 5.58. The Hall–Kier alpha value is -1.83. The summed E-state index contributed by atoms with van der Waals surface area (Å²) in [5, 5.41) is 0. The minimum absolute atomic E-state index is 0.586. The predicted octanol–water partition coefficient (Wildman–Crippen LogP) is 3.22. The van der Waals surface area contributed by atoms with Gasteiger partial charge in [0.25, 0.3) is 0 Å². The Bertz CT molecular complexity index is 566. The molecule has 1 fully saturated rings. The van der Waals surface area contributed by atoms with Crippen molar-refractivity contribution in [2.24, 2.45) is 4.99 Å². The van der Waals surface area contributed by atoms with Gasteiger partial charge < -0.3 is 4.74 Å². The molecule has 78 valence electrons. The highest BCUT2D eigenvalue weighted by Crippen LogP contribution is 2.52. The first-order valence-electron chi connectivity index (χ1n) is 5.63. The molecule has 0 radical (unpaired) electrons. The first kappa shape index (κ1) is 8.34. The van der Waals surface area contributed by atoms with E-state index in [0.29, 0.717) is 12.5 Å². The third-order valence-electron chi connectivity index (χ3n) is 3.42. The molecule has 0 aromatic heterocycles. The van der Waals surface area contributed by atoms with E-state index >= 15 is 0 Å². The second kappa shape index (κ2) is 2.85. The zero-order valence-corrected chi connectivity index (χ0v) is 8.81. The van der Waals surface area contributed by atoms with Gasteiger partial charge in [0.15, 0.2) is 0 Å². The van der Waals surface area contributed by atoms with E-state index in [4.69, 9.17) is 4.74 Å². The Morgan fingerprint density at radius 1 is 1.31 bits per heavy atom. The van der Waals surface area contributed by atoms with Crippen LogP contribution in [-0.2, 0) is 0 Å². The van der Waals surface area contributed by atoms with Gasteiger partial charge in [0.1, 0.15) is 18.0 Å². The molecule has 2 aliphatic carbocycles. The first-order valence-corrected chi connectivity index (χ1v) is 5.63. The lowest BCUT2D eigenvalue weighted by Gasteiger charge is -2.16. The zero-order valence-electron chi connectivity index (χ0n) is 8.81. The number of hydrogen-bond donors (Lipinski definition) is 0. The Morgan fingerprint density at radius 3 is 3.31 bits per heavy atom. The molecule has 0 saturated heterocycles. The SMILES string of the molecule is C1=Cc2c(ccc3c2N=CCO3)C2CC2=C1. The molecule has 16 heavy (non-hydrogen) atoms. The molecule has 1 heterocycles. The third-order valence-corrected chi connectivity index (χ3v) is 3.42. The van der Waals surface area contributed by atoms with Crippen LogP contribution in [0.25, 0.3) is 6.08 Å². The molecular formula is C14H11NO. The molecule has 1 aromatic rings. The molecule has 0 amide bonds. The van der Waals surface area contributed by atoms with Gasteiger partial charge in [-0.25, -0.2) is 0 Å². The van der Waals surface area contributed by atoms with Crippen molar-refractivity contribution in [3.63, 3.8) is 0 Å². The fraction of sp³-hybridized carbons (Fsp3) is 0.214. The average Bonchev–Trinajstić information content (AvgIpc) is 3.07. The van der Waals surface area contributed by atoms with Crippen molar-refractivity contribution in [3.8, 4) is 5.75 Å². The molecule has 2 heteroatoms. The van der Waals surface area contributed by atoms with E-state index in [-0.39, 0.29) is 0 Å². The van der Waals surface area contributed by atoms with Gasteiger partial charge in [-0.2, -0.15) is 0 Å². The summed E-state index contributed by atoms with van der Waals surface area (Å²) in [6, 6.07) is 4.25. The molecule has 0 N–H and O–H groups in total. The van der Waals surface area contributed by atoms with Gasteiger partial charge in [-0.05, 0) is 18.1 Å². The lowest BCUT2D eigenvalue weighted by atomic mass is 10.0. The molecule has 3 aliphatic rings. The number of allylic oxidation sites excluding steroid dienone is 3. The summed E-state index contributed by atoms with van der Waals surface area (Å²) in [6.45, 7) is 0.586. The quantitative estimate of drug-likeness (QED) is 0.642. The van der Waals surface area contributed by atoms with Crippen LogP contribution in [0.5, 0.6) is 5.75 Å². The van der Waals surface area contributed by atoms with E-state index in [1.165, 1.54) is 23.1 Å². The van der Waals surface area contributed by atoms with Crippen LogP contribution >= 0.6 is 0 Å². The second-order valence-electron chi connectivity index (χ2n) is 4.40. The maximum atomic E-state index is 5.58. The summed E-state index contributed by atoms with van der Waals surface area (Å²) in [6.07, 6.45) is 9.55. The first-order chi connectivity index (χ1) is 7.93. The number of nitrogens with zero attached hydrogens (tertiary/aromatic N) is 1. The number of aliphatic imine (C=N–C) groups is 1. The maximum absolute atomic E-state index is 5.58.